The van der Waals surface area contributed by atoms with Crippen molar-refractivity contribution in [1.29, 1.82) is 0 Å². The van der Waals surface area contributed by atoms with Crippen LogP contribution < -0.4 is 5.73 Å². The Morgan fingerprint density at radius 2 is 1.94 bits per heavy atom. The second kappa shape index (κ2) is 8.02. The Balaban J connectivity index is 1.62. The van der Waals surface area contributed by atoms with Gasteiger partial charge < -0.3 is 20.2 Å². The number of oxazole rings is 1. The molecule has 2 atom stereocenters. The van der Waals surface area contributed by atoms with E-state index in [1.807, 2.05) is 19.9 Å². The molecule has 1 saturated heterocycles. The minimum absolute atomic E-state index is 0.0335. The van der Waals surface area contributed by atoms with Gasteiger partial charge in [0.25, 0.3) is 5.91 Å². The Bertz CT molecular complexity index is 1160. The molecule has 3 N–H and O–H groups in total. The first-order chi connectivity index (χ1) is 14.7. The van der Waals surface area contributed by atoms with Crippen molar-refractivity contribution in [1.82, 2.24) is 9.88 Å². The monoisotopic (exact) mass is 425 g/mol. The average Bonchev–Trinajstić information content (AvgIpc) is 3.16. The van der Waals surface area contributed by atoms with Crippen LogP contribution in [0, 0.1) is 11.7 Å². The van der Waals surface area contributed by atoms with Crippen molar-refractivity contribution in [3.63, 3.8) is 0 Å². The number of halogens is 1. The summed E-state index contributed by atoms with van der Waals surface area (Å²) < 4.78 is 20.1. The van der Waals surface area contributed by atoms with Gasteiger partial charge in [-0.3, -0.25) is 4.79 Å². The van der Waals surface area contributed by atoms with E-state index < -0.39 is 17.8 Å². The van der Waals surface area contributed by atoms with E-state index in [4.69, 9.17) is 10.2 Å². The van der Waals surface area contributed by atoms with Crippen molar-refractivity contribution in [3.05, 3.63) is 53.7 Å². The summed E-state index contributed by atoms with van der Waals surface area (Å²) in [6, 6.07) is 9.60. The van der Waals surface area contributed by atoms with Gasteiger partial charge in [0.05, 0.1) is 5.56 Å². The largest absolute Gasteiger partial charge is 0.465 e. The molecule has 0 spiro atoms. The van der Waals surface area contributed by atoms with Gasteiger partial charge in [-0.05, 0) is 54.2 Å². The van der Waals surface area contributed by atoms with Crippen LogP contribution in [0.5, 0.6) is 0 Å². The van der Waals surface area contributed by atoms with Crippen molar-refractivity contribution >= 4 is 23.1 Å². The summed E-state index contributed by atoms with van der Waals surface area (Å²) in [4.78, 5) is 28.9. The molecule has 2 amide bonds. The Morgan fingerprint density at radius 3 is 2.58 bits per heavy atom. The molecule has 0 bridgehead atoms. The standard InChI is InChI=1S/C23H24FN3O4/c1-12(2)19-11-15(7-8-27(19)23(29)30)22-26-18-10-14(4-6-20(18)31-22)13-3-5-16(21(25)28)17(24)9-13/h3-6,9-10,12,15,19H,7-8,11H2,1-2H3,(H2,25,28)(H,29,30). The van der Waals surface area contributed by atoms with Crippen molar-refractivity contribution in [2.45, 2.75) is 38.6 Å². The fourth-order valence-corrected chi connectivity index (χ4v) is 4.29. The number of nitrogens with two attached hydrogens (primary N) is 1. The number of aromatic nitrogens is 1. The number of benzene rings is 2. The van der Waals surface area contributed by atoms with Crippen molar-refractivity contribution < 1.29 is 23.5 Å². The summed E-state index contributed by atoms with van der Waals surface area (Å²) in [7, 11) is 0. The van der Waals surface area contributed by atoms with Gasteiger partial charge in [-0.25, -0.2) is 14.2 Å². The number of carbonyl (C=O) groups excluding carboxylic acids is 1. The van der Waals surface area contributed by atoms with Crippen LogP contribution >= 0.6 is 0 Å². The van der Waals surface area contributed by atoms with Gasteiger partial charge in [-0.2, -0.15) is 0 Å². The molecule has 8 heteroatoms. The van der Waals surface area contributed by atoms with Crippen LogP contribution in [0.3, 0.4) is 0 Å². The van der Waals surface area contributed by atoms with Gasteiger partial charge in [0, 0.05) is 18.5 Å². The predicted molar refractivity (Wildman–Crippen MR) is 113 cm³/mol. The number of hydrogen-bond donors (Lipinski definition) is 2. The van der Waals surface area contributed by atoms with E-state index in [9.17, 15) is 19.1 Å². The first kappa shape index (κ1) is 20.8. The molecule has 2 heterocycles. The first-order valence-corrected chi connectivity index (χ1v) is 10.2. The molecule has 3 aromatic rings. The van der Waals surface area contributed by atoms with Crippen LogP contribution in [0.25, 0.3) is 22.2 Å². The third kappa shape index (κ3) is 3.97. The number of likely N-dealkylation sites (tertiary alicyclic amines) is 1. The lowest BCUT2D eigenvalue weighted by molar-refractivity contribution is 0.0794. The van der Waals surface area contributed by atoms with E-state index in [0.29, 0.717) is 41.9 Å². The number of carbonyl (C=O) groups is 2. The molecular formula is C23H24FN3O4. The van der Waals surface area contributed by atoms with E-state index in [1.165, 1.54) is 17.0 Å². The Kier molecular flexibility index (Phi) is 5.39. The maximum atomic E-state index is 14.2. The predicted octanol–water partition coefficient (Wildman–Crippen LogP) is 4.61. The quantitative estimate of drug-likeness (QED) is 0.634. The second-order valence-electron chi connectivity index (χ2n) is 8.30. The molecular weight excluding hydrogens is 401 g/mol. The van der Waals surface area contributed by atoms with Gasteiger partial charge in [0.2, 0.25) is 0 Å². The highest BCUT2D eigenvalue weighted by Gasteiger charge is 2.35. The Labute approximate surface area is 178 Å². The number of piperidine rings is 1. The Hall–Kier alpha value is -3.42. The van der Waals surface area contributed by atoms with Crippen LogP contribution in [0.4, 0.5) is 9.18 Å². The number of rotatable bonds is 4. The molecule has 0 aliphatic carbocycles. The molecule has 1 aliphatic rings. The van der Waals surface area contributed by atoms with Gasteiger partial charge in [0.1, 0.15) is 11.3 Å². The molecule has 31 heavy (non-hydrogen) atoms. The van der Waals surface area contributed by atoms with Crippen molar-refractivity contribution in [3.8, 4) is 11.1 Å². The third-order valence-corrected chi connectivity index (χ3v) is 5.98. The fraction of sp³-hybridized carbons (Fsp3) is 0.348. The van der Waals surface area contributed by atoms with Crippen LogP contribution in [0.2, 0.25) is 0 Å². The SMILES string of the molecule is CC(C)C1CC(c2nc3cc(-c4ccc(C(N)=O)c(F)c4)ccc3o2)CCN1C(=O)O. The van der Waals surface area contributed by atoms with Crippen molar-refractivity contribution in [2.24, 2.45) is 11.7 Å². The number of nitrogens with zero attached hydrogens (tertiary/aromatic N) is 2. The van der Waals surface area contributed by atoms with E-state index in [0.717, 1.165) is 5.56 Å². The van der Waals surface area contributed by atoms with Crippen LogP contribution in [-0.2, 0) is 0 Å². The molecule has 1 aliphatic heterocycles. The molecule has 0 radical (unpaired) electrons. The van der Waals surface area contributed by atoms with Crippen LogP contribution in [0.1, 0.15) is 48.9 Å². The maximum Gasteiger partial charge on any atom is 0.407 e. The summed E-state index contributed by atoms with van der Waals surface area (Å²) in [5.74, 6) is -0.664. The molecule has 0 saturated carbocycles. The fourth-order valence-electron chi connectivity index (χ4n) is 4.29. The zero-order valence-electron chi connectivity index (χ0n) is 17.3. The van der Waals surface area contributed by atoms with E-state index in [-0.39, 0.29) is 23.4 Å². The van der Waals surface area contributed by atoms with Crippen LogP contribution in [0.15, 0.2) is 40.8 Å². The van der Waals surface area contributed by atoms with Crippen molar-refractivity contribution in [2.75, 3.05) is 6.54 Å². The van der Waals surface area contributed by atoms with Gasteiger partial charge >= 0.3 is 6.09 Å². The highest BCUT2D eigenvalue weighted by molar-refractivity contribution is 5.93. The molecule has 162 valence electrons. The van der Waals surface area contributed by atoms with E-state index in [1.54, 1.807) is 18.2 Å². The zero-order valence-corrected chi connectivity index (χ0v) is 17.3. The molecule has 1 fully saturated rings. The topological polar surface area (TPSA) is 110 Å². The highest BCUT2D eigenvalue weighted by atomic mass is 19.1. The highest BCUT2D eigenvalue weighted by Crippen LogP contribution is 2.36. The lowest BCUT2D eigenvalue weighted by Gasteiger charge is -2.39. The third-order valence-electron chi connectivity index (χ3n) is 5.98. The average molecular weight is 425 g/mol. The molecule has 1 aromatic heterocycles. The molecule has 2 aromatic carbocycles. The minimum Gasteiger partial charge on any atom is -0.465 e. The van der Waals surface area contributed by atoms with Crippen LogP contribution in [-0.4, -0.2) is 39.6 Å². The van der Waals surface area contributed by atoms with Gasteiger partial charge in [-0.15, -0.1) is 0 Å². The lowest BCUT2D eigenvalue weighted by atomic mass is 9.85. The molecule has 2 unspecified atom stereocenters. The number of fused-ring (bicyclic) bond motifs is 1. The van der Waals surface area contributed by atoms with Gasteiger partial charge in [-0.1, -0.05) is 26.0 Å². The minimum atomic E-state index is -0.894. The summed E-state index contributed by atoms with van der Waals surface area (Å²) in [6.45, 7) is 4.48. The summed E-state index contributed by atoms with van der Waals surface area (Å²) in [5, 5.41) is 9.47. The summed E-state index contributed by atoms with van der Waals surface area (Å²) >= 11 is 0. The Morgan fingerprint density at radius 1 is 1.23 bits per heavy atom. The normalized spacial score (nSPS) is 19.2. The summed E-state index contributed by atoms with van der Waals surface area (Å²) in [6.07, 6.45) is 0.409. The number of primary amides is 1. The first-order valence-electron chi connectivity index (χ1n) is 10.2. The molecule has 7 nitrogen and oxygen atoms in total. The maximum absolute atomic E-state index is 14.2. The smallest absolute Gasteiger partial charge is 0.407 e. The van der Waals surface area contributed by atoms with Gasteiger partial charge in [0.15, 0.2) is 11.5 Å². The van der Waals surface area contributed by atoms with E-state index in [2.05, 4.69) is 4.98 Å². The molecule has 4 rings (SSSR count). The summed E-state index contributed by atoms with van der Waals surface area (Å²) in [5.41, 5.74) is 7.62. The second-order valence-corrected chi connectivity index (χ2v) is 8.30. The van der Waals surface area contributed by atoms with E-state index >= 15 is 0 Å². The zero-order chi connectivity index (χ0) is 22.3. The number of amides is 2. The lowest BCUT2D eigenvalue weighted by Crippen LogP contribution is -2.47. The number of hydrogen-bond acceptors (Lipinski definition) is 4. The number of carboxylic acid groups (broad SMARTS) is 1.